The largest absolute Gasteiger partial charge is 0.493 e. The monoisotopic (exact) mass is 371 g/mol. The maximum Gasteiger partial charge on any atom is 0.191 e. The van der Waals surface area contributed by atoms with Gasteiger partial charge in [0.05, 0.1) is 20.3 Å². The van der Waals surface area contributed by atoms with Crippen molar-refractivity contribution < 1.29 is 14.2 Å². The van der Waals surface area contributed by atoms with Gasteiger partial charge in [-0.1, -0.05) is 24.3 Å². The highest BCUT2D eigenvalue weighted by Gasteiger charge is 2.06. The number of benzene rings is 2. The normalized spacial score (nSPS) is 12.4. The van der Waals surface area contributed by atoms with Gasteiger partial charge < -0.3 is 24.8 Å². The fourth-order valence-corrected chi connectivity index (χ4v) is 2.51. The number of methoxy groups -OCH3 is 2. The van der Waals surface area contributed by atoms with Crippen molar-refractivity contribution in [1.29, 1.82) is 0 Å². The Morgan fingerprint density at radius 3 is 2.37 bits per heavy atom. The van der Waals surface area contributed by atoms with E-state index in [4.69, 9.17) is 14.2 Å². The molecule has 0 aliphatic rings. The van der Waals surface area contributed by atoms with Gasteiger partial charge in [0.2, 0.25) is 0 Å². The van der Waals surface area contributed by atoms with E-state index in [2.05, 4.69) is 22.5 Å². The molecule has 0 amide bonds. The highest BCUT2D eigenvalue weighted by molar-refractivity contribution is 5.80. The van der Waals surface area contributed by atoms with E-state index in [1.807, 2.05) is 55.5 Å². The van der Waals surface area contributed by atoms with Crippen molar-refractivity contribution in [3.05, 3.63) is 54.1 Å². The molecule has 1 unspecified atom stereocenters. The number of guanidine groups is 1. The topological polar surface area (TPSA) is 64.1 Å². The van der Waals surface area contributed by atoms with Crippen LogP contribution in [0.3, 0.4) is 0 Å². The average molecular weight is 371 g/mol. The Balaban J connectivity index is 1.99. The molecule has 0 fully saturated rings. The summed E-state index contributed by atoms with van der Waals surface area (Å²) < 4.78 is 16.4. The quantitative estimate of drug-likeness (QED) is 0.521. The predicted octanol–water partition coefficient (Wildman–Crippen LogP) is 3.58. The van der Waals surface area contributed by atoms with Crippen LogP contribution in [0, 0.1) is 0 Å². The van der Waals surface area contributed by atoms with E-state index < -0.39 is 0 Å². The van der Waals surface area contributed by atoms with E-state index in [1.54, 1.807) is 14.2 Å². The summed E-state index contributed by atoms with van der Waals surface area (Å²) in [5.74, 6) is 2.93. The van der Waals surface area contributed by atoms with Gasteiger partial charge in [0.15, 0.2) is 17.5 Å². The molecule has 2 N–H and O–H groups in total. The second kappa shape index (κ2) is 11.1. The summed E-state index contributed by atoms with van der Waals surface area (Å²) in [5.41, 5.74) is 1.10. The molecule has 0 saturated heterocycles. The van der Waals surface area contributed by atoms with Gasteiger partial charge in [-0.3, -0.25) is 0 Å². The summed E-state index contributed by atoms with van der Waals surface area (Å²) in [4.78, 5) is 4.63. The third kappa shape index (κ3) is 6.83. The second-order valence-electron chi connectivity index (χ2n) is 6.09. The first-order chi connectivity index (χ1) is 13.2. The smallest absolute Gasteiger partial charge is 0.191 e. The Hall–Kier alpha value is -2.73. The van der Waals surface area contributed by atoms with Gasteiger partial charge >= 0.3 is 0 Å². The Morgan fingerprint density at radius 2 is 1.74 bits per heavy atom. The first kappa shape index (κ1) is 20.6. The van der Waals surface area contributed by atoms with Gasteiger partial charge in [0.25, 0.3) is 0 Å². The van der Waals surface area contributed by atoms with Crippen LogP contribution < -0.4 is 20.1 Å². The number of nitrogens with one attached hydrogen (secondary N) is 2. The minimum atomic E-state index is 0.185. The number of hydrogen-bond donors (Lipinski definition) is 2. The first-order valence-corrected chi connectivity index (χ1v) is 9.09. The van der Waals surface area contributed by atoms with Crippen LogP contribution >= 0.6 is 0 Å². The Morgan fingerprint density at radius 1 is 1.04 bits per heavy atom. The summed E-state index contributed by atoms with van der Waals surface area (Å²) in [7, 11) is 3.32. The zero-order valence-corrected chi connectivity index (χ0v) is 16.5. The van der Waals surface area contributed by atoms with Crippen LogP contribution in [0.25, 0.3) is 0 Å². The van der Waals surface area contributed by atoms with Crippen molar-refractivity contribution in [2.75, 3.05) is 27.4 Å². The molecule has 0 aromatic heterocycles. The maximum absolute atomic E-state index is 5.90. The molecule has 2 rings (SSSR count). The van der Waals surface area contributed by atoms with E-state index in [9.17, 15) is 0 Å². The van der Waals surface area contributed by atoms with Crippen molar-refractivity contribution >= 4 is 5.96 Å². The lowest BCUT2D eigenvalue weighted by atomic mass is 10.2. The van der Waals surface area contributed by atoms with Crippen molar-refractivity contribution in [1.82, 2.24) is 10.6 Å². The molecule has 0 aliphatic heterocycles. The Labute approximate surface area is 161 Å². The highest BCUT2D eigenvalue weighted by atomic mass is 16.5. The lowest BCUT2D eigenvalue weighted by Gasteiger charge is -2.17. The summed E-state index contributed by atoms with van der Waals surface area (Å²) in [6, 6.07) is 15.7. The summed E-state index contributed by atoms with van der Waals surface area (Å²) in [5, 5.41) is 6.56. The third-order valence-corrected chi connectivity index (χ3v) is 3.78. The van der Waals surface area contributed by atoms with Crippen molar-refractivity contribution in [2.24, 2.45) is 4.99 Å². The Bertz CT molecular complexity index is 717. The molecule has 6 nitrogen and oxygen atoms in total. The molecule has 146 valence electrons. The van der Waals surface area contributed by atoms with Crippen LogP contribution in [-0.2, 0) is 11.3 Å². The van der Waals surface area contributed by atoms with Crippen LogP contribution in [0.5, 0.6) is 17.2 Å². The number of aliphatic imine (C=N–C) groups is 1. The van der Waals surface area contributed by atoms with Crippen LogP contribution in [-0.4, -0.2) is 39.4 Å². The Kier molecular flexibility index (Phi) is 8.45. The minimum absolute atomic E-state index is 0.185. The van der Waals surface area contributed by atoms with E-state index in [-0.39, 0.29) is 6.04 Å². The summed E-state index contributed by atoms with van der Waals surface area (Å²) >= 11 is 0. The third-order valence-electron chi connectivity index (χ3n) is 3.78. The molecular weight excluding hydrogens is 342 g/mol. The molecule has 0 bridgehead atoms. The number of hydrogen-bond acceptors (Lipinski definition) is 4. The number of para-hydroxylation sites is 2. The standard InChI is InChI=1S/C21H29N3O3/c1-5-22-21(24-16(2)15-25-3)23-14-17-10-12-18(13-11-17)27-20-9-7-6-8-19(20)26-4/h6-13,16H,5,14-15H2,1-4H3,(H2,22,23,24). The molecule has 0 radical (unpaired) electrons. The maximum atomic E-state index is 5.90. The lowest BCUT2D eigenvalue weighted by Crippen LogP contribution is -2.43. The average Bonchev–Trinajstić information content (AvgIpc) is 2.68. The minimum Gasteiger partial charge on any atom is -0.493 e. The molecule has 2 aromatic carbocycles. The zero-order chi connectivity index (χ0) is 19.5. The molecule has 0 spiro atoms. The number of nitrogens with zero attached hydrogens (tertiary/aromatic N) is 1. The first-order valence-electron chi connectivity index (χ1n) is 9.09. The van der Waals surface area contributed by atoms with E-state index in [1.165, 1.54) is 0 Å². The van der Waals surface area contributed by atoms with E-state index >= 15 is 0 Å². The van der Waals surface area contributed by atoms with Gasteiger partial charge in [-0.2, -0.15) is 0 Å². The van der Waals surface area contributed by atoms with Gasteiger partial charge in [-0.15, -0.1) is 0 Å². The molecule has 0 aliphatic carbocycles. The fraction of sp³-hybridized carbons (Fsp3) is 0.381. The summed E-state index contributed by atoms with van der Waals surface area (Å²) in [6.07, 6.45) is 0. The van der Waals surface area contributed by atoms with Gasteiger partial charge in [-0.05, 0) is 43.7 Å². The SMILES string of the molecule is CCNC(=NCc1ccc(Oc2ccccc2OC)cc1)NC(C)COC. The lowest BCUT2D eigenvalue weighted by molar-refractivity contribution is 0.179. The van der Waals surface area contributed by atoms with Crippen LogP contribution in [0.2, 0.25) is 0 Å². The molecule has 27 heavy (non-hydrogen) atoms. The number of rotatable bonds is 9. The molecule has 2 aromatic rings. The van der Waals surface area contributed by atoms with E-state index in [0.29, 0.717) is 24.7 Å². The van der Waals surface area contributed by atoms with Gasteiger partial charge in [0, 0.05) is 19.7 Å². The molecule has 0 saturated carbocycles. The zero-order valence-electron chi connectivity index (χ0n) is 16.5. The predicted molar refractivity (Wildman–Crippen MR) is 109 cm³/mol. The van der Waals surface area contributed by atoms with Crippen LogP contribution in [0.1, 0.15) is 19.4 Å². The van der Waals surface area contributed by atoms with Crippen molar-refractivity contribution in [2.45, 2.75) is 26.4 Å². The van der Waals surface area contributed by atoms with E-state index in [0.717, 1.165) is 23.8 Å². The fourth-order valence-electron chi connectivity index (χ4n) is 2.51. The number of ether oxygens (including phenoxy) is 3. The molecule has 6 heteroatoms. The molecule has 0 heterocycles. The molecular formula is C21H29N3O3. The van der Waals surface area contributed by atoms with Crippen LogP contribution in [0.15, 0.2) is 53.5 Å². The van der Waals surface area contributed by atoms with Gasteiger partial charge in [0.1, 0.15) is 5.75 Å². The second-order valence-corrected chi connectivity index (χ2v) is 6.09. The highest BCUT2D eigenvalue weighted by Crippen LogP contribution is 2.30. The van der Waals surface area contributed by atoms with Crippen LogP contribution in [0.4, 0.5) is 0 Å². The van der Waals surface area contributed by atoms with Gasteiger partial charge in [-0.25, -0.2) is 4.99 Å². The summed E-state index contributed by atoms with van der Waals surface area (Å²) in [6.45, 7) is 6.10. The molecule has 1 atom stereocenters. The van der Waals surface area contributed by atoms with Crippen molar-refractivity contribution in [3.8, 4) is 17.2 Å². The van der Waals surface area contributed by atoms with Crippen molar-refractivity contribution in [3.63, 3.8) is 0 Å².